The number of aromatic amines is 1. The van der Waals surface area contributed by atoms with Crippen molar-refractivity contribution in [3.63, 3.8) is 0 Å². The van der Waals surface area contributed by atoms with Gasteiger partial charge in [-0.15, -0.1) is 0 Å². The summed E-state index contributed by atoms with van der Waals surface area (Å²) in [6, 6.07) is 8.60. The summed E-state index contributed by atoms with van der Waals surface area (Å²) < 4.78 is 80.7. The lowest BCUT2D eigenvalue weighted by Crippen LogP contribution is -2.38. The summed E-state index contributed by atoms with van der Waals surface area (Å²) in [5, 5.41) is 9.67. The van der Waals surface area contributed by atoms with E-state index in [2.05, 4.69) is 20.2 Å². The molecule has 0 atom stereocenters. The van der Waals surface area contributed by atoms with Crippen LogP contribution in [-0.2, 0) is 24.1 Å². The van der Waals surface area contributed by atoms with Crippen molar-refractivity contribution in [3.05, 3.63) is 76.8 Å². The van der Waals surface area contributed by atoms with Gasteiger partial charge in [0.1, 0.15) is 17.3 Å². The fourth-order valence-electron chi connectivity index (χ4n) is 5.06. The quantitative estimate of drug-likeness (QED) is 0.271. The van der Waals surface area contributed by atoms with Gasteiger partial charge in [0.15, 0.2) is 24.0 Å². The second-order valence-corrected chi connectivity index (χ2v) is 10.2. The van der Waals surface area contributed by atoms with Gasteiger partial charge in [-0.25, -0.2) is 13.8 Å². The summed E-state index contributed by atoms with van der Waals surface area (Å²) in [5.41, 5.74) is -0.228. The molecule has 2 aliphatic heterocycles. The van der Waals surface area contributed by atoms with E-state index in [1.165, 1.54) is 36.5 Å². The number of carbonyl (C=O) groups is 1. The number of aromatic nitrogens is 3. The first-order valence-corrected chi connectivity index (χ1v) is 13.6. The largest absolute Gasteiger partial charge is 0.484 e. The first-order valence-electron chi connectivity index (χ1n) is 13.6. The molecule has 0 bridgehead atoms. The van der Waals surface area contributed by atoms with E-state index in [1.54, 1.807) is 9.91 Å². The summed E-state index contributed by atoms with van der Waals surface area (Å²) in [6.07, 6.45) is -0.434. The van der Waals surface area contributed by atoms with Crippen molar-refractivity contribution in [3.8, 4) is 28.4 Å². The lowest BCUT2D eigenvalue weighted by atomic mass is 10.0. The molecule has 4 heterocycles. The molecule has 2 aromatic carbocycles. The van der Waals surface area contributed by atoms with Gasteiger partial charge < -0.3 is 19.1 Å². The van der Waals surface area contributed by atoms with Crippen LogP contribution in [0.1, 0.15) is 42.0 Å². The molecule has 0 saturated carbocycles. The molecule has 2 aromatic heterocycles. The molecular weight excluding hydrogens is 575 g/mol. The SMILES string of the molecule is O=C(COc1ccc(-c2cc(CN3Cc4nc(-c5cccc(F)c5F)[nH]c4C=N3)on2)c(C(F)(F)F)c1)N1CCCCC1. The third kappa shape index (κ3) is 6.08. The van der Waals surface area contributed by atoms with E-state index < -0.39 is 23.4 Å². The summed E-state index contributed by atoms with van der Waals surface area (Å²) in [4.78, 5) is 21.3. The highest BCUT2D eigenvalue weighted by molar-refractivity contribution is 5.81. The van der Waals surface area contributed by atoms with E-state index in [1.807, 2.05) is 0 Å². The fraction of sp³-hybridized carbons (Fsp3) is 0.310. The van der Waals surface area contributed by atoms with Crippen LogP contribution in [0.4, 0.5) is 22.0 Å². The van der Waals surface area contributed by atoms with Crippen LogP contribution in [0.3, 0.4) is 0 Å². The van der Waals surface area contributed by atoms with Gasteiger partial charge in [0.05, 0.1) is 41.8 Å². The average Bonchev–Trinajstić information content (AvgIpc) is 3.64. The molecule has 0 unspecified atom stereocenters. The van der Waals surface area contributed by atoms with Gasteiger partial charge in [-0.05, 0) is 49.6 Å². The smallest absolute Gasteiger partial charge is 0.417 e. The van der Waals surface area contributed by atoms with Crippen LogP contribution >= 0.6 is 0 Å². The van der Waals surface area contributed by atoms with Gasteiger partial charge in [-0.2, -0.15) is 18.3 Å². The Morgan fingerprint density at radius 2 is 1.86 bits per heavy atom. The van der Waals surface area contributed by atoms with Crippen molar-refractivity contribution in [1.82, 2.24) is 25.0 Å². The zero-order valence-corrected chi connectivity index (χ0v) is 22.6. The molecule has 224 valence electrons. The normalized spacial score (nSPS) is 15.1. The number of carbonyl (C=O) groups excluding carboxylic acids is 1. The zero-order chi connectivity index (χ0) is 30.1. The van der Waals surface area contributed by atoms with Crippen LogP contribution in [0.15, 0.2) is 52.1 Å². The molecule has 9 nitrogen and oxygen atoms in total. The highest BCUT2D eigenvalue weighted by Gasteiger charge is 2.35. The third-order valence-corrected chi connectivity index (χ3v) is 7.24. The van der Waals surface area contributed by atoms with Gasteiger partial charge in [-0.1, -0.05) is 11.2 Å². The Kier molecular flexibility index (Phi) is 7.59. The molecule has 2 aliphatic rings. The first kappa shape index (κ1) is 28.4. The van der Waals surface area contributed by atoms with Crippen molar-refractivity contribution in [2.75, 3.05) is 19.7 Å². The van der Waals surface area contributed by atoms with E-state index in [0.717, 1.165) is 31.4 Å². The Labute approximate surface area is 241 Å². The minimum Gasteiger partial charge on any atom is -0.484 e. The number of fused-ring (bicyclic) bond motifs is 1. The number of piperidine rings is 1. The van der Waals surface area contributed by atoms with Crippen LogP contribution in [0, 0.1) is 11.6 Å². The predicted octanol–water partition coefficient (Wildman–Crippen LogP) is 5.77. The predicted molar refractivity (Wildman–Crippen MR) is 144 cm³/mol. The van der Waals surface area contributed by atoms with E-state index >= 15 is 0 Å². The minimum absolute atomic E-state index is 0.0280. The van der Waals surface area contributed by atoms with Gasteiger partial charge in [0.25, 0.3) is 5.91 Å². The maximum absolute atomic E-state index is 14.2. The number of benzene rings is 2. The average molecular weight is 601 g/mol. The van der Waals surface area contributed by atoms with Crippen LogP contribution in [0.25, 0.3) is 22.6 Å². The van der Waals surface area contributed by atoms with Gasteiger partial charge in [0, 0.05) is 24.7 Å². The first-order chi connectivity index (χ1) is 20.7. The molecule has 0 aliphatic carbocycles. The number of nitrogens with zero attached hydrogens (tertiary/aromatic N) is 5. The van der Waals surface area contributed by atoms with Crippen LogP contribution in [0.2, 0.25) is 0 Å². The Bertz CT molecular complexity index is 1680. The number of nitrogens with one attached hydrogen (secondary N) is 1. The second kappa shape index (κ2) is 11.5. The molecule has 0 radical (unpaired) electrons. The van der Waals surface area contributed by atoms with Crippen molar-refractivity contribution >= 4 is 12.1 Å². The van der Waals surface area contributed by atoms with Crippen LogP contribution in [0.5, 0.6) is 5.75 Å². The molecule has 14 heteroatoms. The number of hydrogen-bond donors (Lipinski definition) is 1. The molecule has 0 spiro atoms. The molecule has 4 aromatic rings. The summed E-state index contributed by atoms with van der Waals surface area (Å²) in [5.74, 6) is -2.00. The Hall–Kier alpha value is -4.75. The number of rotatable bonds is 7. The van der Waals surface area contributed by atoms with Crippen molar-refractivity contribution < 1.29 is 36.0 Å². The van der Waals surface area contributed by atoms with Gasteiger partial charge in [0.2, 0.25) is 0 Å². The molecule has 1 saturated heterocycles. The number of hydrogen-bond acceptors (Lipinski definition) is 7. The third-order valence-electron chi connectivity index (χ3n) is 7.24. The number of imidazole rings is 1. The van der Waals surface area contributed by atoms with Crippen LogP contribution < -0.4 is 4.74 Å². The van der Waals surface area contributed by atoms with E-state index in [0.29, 0.717) is 24.5 Å². The Morgan fingerprint density at radius 3 is 2.65 bits per heavy atom. The topological polar surface area (TPSA) is 99.8 Å². The number of hydrazone groups is 1. The number of H-pyrrole nitrogens is 1. The number of alkyl halides is 3. The summed E-state index contributed by atoms with van der Waals surface area (Å²) >= 11 is 0. The fourth-order valence-corrected chi connectivity index (χ4v) is 5.06. The number of ether oxygens (including phenoxy) is 1. The monoisotopic (exact) mass is 600 g/mol. The maximum atomic E-state index is 14.2. The molecule has 1 N–H and O–H groups in total. The van der Waals surface area contributed by atoms with Crippen molar-refractivity contribution in [2.24, 2.45) is 5.10 Å². The lowest BCUT2D eigenvalue weighted by Gasteiger charge is -2.26. The minimum atomic E-state index is -4.73. The number of amides is 1. The van der Waals surface area contributed by atoms with E-state index in [-0.39, 0.29) is 59.8 Å². The van der Waals surface area contributed by atoms with Crippen molar-refractivity contribution in [1.29, 1.82) is 0 Å². The van der Waals surface area contributed by atoms with E-state index in [9.17, 15) is 26.7 Å². The van der Waals surface area contributed by atoms with Crippen molar-refractivity contribution in [2.45, 2.75) is 38.5 Å². The Morgan fingerprint density at radius 1 is 1.05 bits per heavy atom. The van der Waals surface area contributed by atoms with E-state index in [4.69, 9.17) is 9.26 Å². The molecule has 43 heavy (non-hydrogen) atoms. The van der Waals surface area contributed by atoms with Gasteiger partial charge >= 0.3 is 6.18 Å². The Balaban J connectivity index is 1.14. The zero-order valence-electron chi connectivity index (χ0n) is 22.6. The second-order valence-electron chi connectivity index (χ2n) is 10.2. The molecule has 6 rings (SSSR count). The standard InChI is InChI=1S/C29H25F5N6O3/c30-22-6-4-5-20(27(22)31)28-36-24-13-35-40(15-25(24)37-28)14-18-12-23(38-43-18)19-8-7-17(11-21(19)29(32,33)34)42-16-26(41)39-9-2-1-3-10-39/h4-8,11-13H,1-3,9-10,14-16H2,(H,36,37). The number of likely N-dealkylation sites (tertiary alicyclic amines) is 1. The summed E-state index contributed by atoms with van der Waals surface area (Å²) in [6.45, 7) is 1.11. The molecule has 1 fully saturated rings. The molecule has 1 amide bonds. The number of halogens is 5. The van der Waals surface area contributed by atoms with Gasteiger partial charge in [-0.3, -0.25) is 9.80 Å². The maximum Gasteiger partial charge on any atom is 0.417 e. The highest BCUT2D eigenvalue weighted by Crippen LogP contribution is 2.39. The van der Waals surface area contributed by atoms with Crippen LogP contribution in [-0.4, -0.2) is 56.9 Å². The lowest BCUT2D eigenvalue weighted by molar-refractivity contribution is -0.137. The molecular formula is C29H25F5N6O3. The highest BCUT2D eigenvalue weighted by atomic mass is 19.4. The summed E-state index contributed by atoms with van der Waals surface area (Å²) in [7, 11) is 0.